The average molecular weight is 419 g/mol. The van der Waals surface area contributed by atoms with Gasteiger partial charge in [-0.3, -0.25) is 0 Å². The van der Waals surface area contributed by atoms with E-state index in [1.807, 2.05) is 6.07 Å². The summed E-state index contributed by atoms with van der Waals surface area (Å²) >= 11 is 11.6. The van der Waals surface area contributed by atoms with Gasteiger partial charge in [0.2, 0.25) is 0 Å². The van der Waals surface area contributed by atoms with E-state index in [4.69, 9.17) is 28.6 Å². The molecule has 0 radical (unpaired) electrons. The fraction of sp³-hybridized carbons (Fsp3) is 0.364. The Balaban J connectivity index is 1.94. The number of anilines is 1. The molecule has 0 amide bonds. The first kappa shape index (κ1) is 22.2. The highest BCUT2D eigenvalue weighted by molar-refractivity contribution is 7.80. The van der Waals surface area contributed by atoms with Crippen LogP contribution in [-0.4, -0.2) is 23.7 Å². The molecular formula is C22H27ClN2O2S. The highest BCUT2D eigenvalue weighted by Gasteiger charge is 2.23. The second kappa shape index (κ2) is 9.89. The molecule has 0 aliphatic carbocycles. The molecule has 2 rings (SSSR count). The van der Waals surface area contributed by atoms with Crippen molar-refractivity contribution in [3.05, 3.63) is 64.7 Å². The van der Waals surface area contributed by atoms with E-state index in [9.17, 15) is 4.79 Å². The van der Waals surface area contributed by atoms with Gasteiger partial charge in [0.05, 0.1) is 17.2 Å². The van der Waals surface area contributed by atoms with Crippen LogP contribution in [0.4, 0.5) is 5.69 Å². The summed E-state index contributed by atoms with van der Waals surface area (Å²) in [7, 11) is 0. The maximum Gasteiger partial charge on any atom is 0.339 e. The molecule has 0 saturated carbocycles. The number of esters is 1. The molecule has 0 aliphatic rings. The summed E-state index contributed by atoms with van der Waals surface area (Å²) < 4.78 is 4.98. The minimum atomic E-state index is -0.434. The summed E-state index contributed by atoms with van der Waals surface area (Å²) in [6, 6.07) is 15.7. The minimum absolute atomic E-state index is 0.0217. The standard InChI is InChI=1S/C22H27ClN2O2S/c1-5-27-20(26)18-12-11-17(13-19(18)23)25-21(28)24-15(2)14-22(3,4)16-9-7-6-8-10-16/h6-13,15H,5,14H2,1-4H3,(H2,24,25,28)/t15-/m0/s1. The molecule has 28 heavy (non-hydrogen) atoms. The molecule has 0 aromatic heterocycles. The number of benzene rings is 2. The molecule has 6 heteroatoms. The molecule has 0 aliphatic heterocycles. The van der Waals surface area contributed by atoms with Gasteiger partial charge in [0, 0.05) is 11.7 Å². The molecule has 2 aromatic carbocycles. The quantitative estimate of drug-likeness (QED) is 0.455. The van der Waals surface area contributed by atoms with Gasteiger partial charge in [0.15, 0.2) is 5.11 Å². The van der Waals surface area contributed by atoms with Crippen LogP contribution in [0.15, 0.2) is 48.5 Å². The summed E-state index contributed by atoms with van der Waals surface area (Å²) in [4.78, 5) is 11.8. The van der Waals surface area contributed by atoms with Gasteiger partial charge >= 0.3 is 5.97 Å². The summed E-state index contributed by atoms with van der Waals surface area (Å²) in [5.74, 6) is -0.434. The second-order valence-electron chi connectivity index (χ2n) is 7.37. The Morgan fingerprint density at radius 3 is 2.50 bits per heavy atom. The van der Waals surface area contributed by atoms with E-state index >= 15 is 0 Å². The fourth-order valence-electron chi connectivity index (χ4n) is 3.18. The molecule has 0 heterocycles. The number of carbonyl (C=O) groups excluding carboxylic acids is 1. The Bertz CT molecular complexity index is 825. The number of nitrogens with one attached hydrogen (secondary N) is 2. The van der Waals surface area contributed by atoms with Crippen LogP contribution in [0.2, 0.25) is 5.02 Å². The van der Waals surface area contributed by atoms with E-state index in [1.54, 1.807) is 25.1 Å². The first-order valence-corrected chi connectivity index (χ1v) is 10.1. The number of carbonyl (C=O) groups is 1. The SMILES string of the molecule is CCOC(=O)c1ccc(NC(=S)N[C@@H](C)CC(C)(C)c2ccccc2)cc1Cl. The van der Waals surface area contributed by atoms with Gasteiger partial charge in [-0.2, -0.15) is 0 Å². The number of hydrogen-bond acceptors (Lipinski definition) is 3. The molecule has 4 nitrogen and oxygen atoms in total. The van der Waals surface area contributed by atoms with Gasteiger partial charge in [-0.1, -0.05) is 55.8 Å². The first-order chi connectivity index (χ1) is 13.2. The van der Waals surface area contributed by atoms with Crippen molar-refractivity contribution in [2.24, 2.45) is 0 Å². The highest BCUT2D eigenvalue weighted by Crippen LogP contribution is 2.28. The van der Waals surface area contributed by atoms with Crippen molar-refractivity contribution in [1.82, 2.24) is 5.32 Å². The topological polar surface area (TPSA) is 50.4 Å². The monoisotopic (exact) mass is 418 g/mol. The lowest BCUT2D eigenvalue weighted by Crippen LogP contribution is -2.39. The van der Waals surface area contributed by atoms with Crippen molar-refractivity contribution >= 4 is 40.6 Å². The van der Waals surface area contributed by atoms with E-state index in [0.29, 0.717) is 28.0 Å². The van der Waals surface area contributed by atoms with Crippen molar-refractivity contribution in [2.45, 2.75) is 45.6 Å². The number of halogens is 1. The number of hydrogen-bond donors (Lipinski definition) is 2. The average Bonchev–Trinajstić information content (AvgIpc) is 2.62. The number of rotatable bonds is 7. The molecule has 1 atom stereocenters. The van der Waals surface area contributed by atoms with Gasteiger partial charge in [0.25, 0.3) is 0 Å². The third-order valence-corrected chi connectivity index (χ3v) is 5.00. The summed E-state index contributed by atoms with van der Waals surface area (Å²) in [5.41, 5.74) is 2.37. The highest BCUT2D eigenvalue weighted by atomic mass is 35.5. The van der Waals surface area contributed by atoms with Crippen LogP contribution < -0.4 is 10.6 Å². The molecule has 0 spiro atoms. The lowest BCUT2D eigenvalue weighted by Gasteiger charge is -2.29. The number of ether oxygens (including phenoxy) is 1. The molecule has 0 unspecified atom stereocenters. The lowest BCUT2D eigenvalue weighted by atomic mass is 9.79. The van der Waals surface area contributed by atoms with Crippen LogP contribution in [-0.2, 0) is 10.2 Å². The zero-order valence-corrected chi connectivity index (χ0v) is 18.3. The molecule has 150 valence electrons. The zero-order chi connectivity index (χ0) is 20.7. The largest absolute Gasteiger partial charge is 0.462 e. The van der Waals surface area contributed by atoms with Crippen LogP contribution in [0.5, 0.6) is 0 Å². The Morgan fingerprint density at radius 2 is 1.89 bits per heavy atom. The summed E-state index contributed by atoms with van der Waals surface area (Å²) in [5, 5.41) is 7.27. The molecule has 2 aromatic rings. The normalized spacial score (nSPS) is 12.2. The van der Waals surface area contributed by atoms with Crippen molar-refractivity contribution in [1.29, 1.82) is 0 Å². The zero-order valence-electron chi connectivity index (χ0n) is 16.7. The minimum Gasteiger partial charge on any atom is -0.462 e. The molecule has 0 saturated heterocycles. The molecule has 2 N–H and O–H groups in total. The lowest BCUT2D eigenvalue weighted by molar-refractivity contribution is 0.0526. The maximum atomic E-state index is 11.8. The molecule has 0 fully saturated rings. The molecular weight excluding hydrogens is 392 g/mol. The summed E-state index contributed by atoms with van der Waals surface area (Å²) in [6.45, 7) is 8.62. The Labute approximate surface area is 177 Å². The van der Waals surface area contributed by atoms with Crippen molar-refractivity contribution in [3.63, 3.8) is 0 Å². The second-order valence-corrected chi connectivity index (χ2v) is 8.18. The predicted octanol–water partition coefficient (Wildman–Crippen LogP) is 5.56. The van der Waals surface area contributed by atoms with Crippen LogP contribution in [0.3, 0.4) is 0 Å². The predicted molar refractivity (Wildman–Crippen MR) is 120 cm³/mol. The molecule has 0 bridgehead atoms. The van der Waals surface area contributed by atoms with E-state index in [2.05, 4.69) is 55.7 Å². The number of thiocarbonyl (C=S) groups is 1. The Hall–Kier alpha value is -2.11. The van der Waals surface area contributed by atoms with E-state index in [-0.39, 0.29) is 11.5 Å². The Kier molecular flexibility index (Phi) is 7.84. The third-order valence-electron chi connectivity index (χ3n) is 4.47. The van der Waals surface area contributed by atoms with E-state index in [1.165, 1.54) is 5.56 Å². The maximum absolute atomic E-state index is 11.8. The van der Waals surface area contributed by atoms with Crippen LogP contribution in [0.1, 0.15) is 50.0 Å². The van der Waals surface area contributed by atoms with Gasteiger partial charge in [-0.15, -0.1) is 0 Å². The van der Waals surface area contributed by atoms with Crippen LogP contribution in [0.25, 0.3) is 0 Å². The van der Waals surface area contributed by atoms with Gasteiger partial charge in [-0.25, -0.2) is 4.79 Å². The van der Waals surface area contributed by atoms with E-state index < -0.39 is 5.97 Å². The first-order valence-electron chi connectivity index (χ1n) is 9.32. The van der Waals surface area contributed by atoms with Gasteiger partial charge in [0.1, 0.15) is 0 Å². The van der Waals surface area contributed by atoms with Crippen LogP contribution in [0, 0.1) is 0 Å². The van der Waals surface area contributed by atoms with Gasteiger partial charge in [-0.05, 0) is 61.7 Å². The smallest absolute Gasteiger partial charge is 0.339 e. The van der Waals surface area contributed by atoms with Gasteiger partial charge < -0.3 is 15.4 Å². The van der Waals surface area contributed by atoms with Crippen molar-refractivity contribution < 1.29 is 9.53 Å². The summed E-state index contributed by atoms with van der Waals surface area (Å²) in [6.07, 6.45) is 0.918. The Morgan fingerprint density at radius 1 is 1.21 bits per heavy atom. The van der Waals surface area contributed by atoms with Crippen LogP contribution >= 0.6 is 23.8 Å². The fourth-order valence-corrected chi connectivity index (χ4v) is 3.76. The van der Waals surface area contributed by atoms with Crippen molar-refractivity contribution in [3.8, 4) is 0 Å². The third kappa shape index (κ3) is 6.21. The van der Waals surface area contributed by atoms with E-state index in [0.717, 1.165) is 6.42 Å². The van der Waals surface area contributed by atoms with Crippen molar-refractivity contribution in [2.75, 3.05) is 11.9 Å².